The molecule has 0 spiro atoms. The number of nitrogen functional groups attached to an aromatic ring is 1. The van der Waals surface area contributed by atoms with Gasteiger partial charge in [-0.1, -0.05) is 18.2 Å². The average Bonchev–Trinajstić information content (AvgIpc) is 2.81. The SMILES string of the molecule is Cc1ccc(OCc2csc3ccccc23)c(N)n1. The molecular weight excluding hydrogens is 256 g/mol. The molecule has 0 atom stereocenters. The Morgan fingerprint density at radius 3 is 2.89 bits per heavy atom. The van der Waals surface area contributed by atoms with Crippen LogP contribution in [0.4, 0.5) is 5.82 Å². The topological polar surface area (TPSA) is 48.1 Å². The Balaban J connectivity index is 1.82. The fourth-order valence-corrected chi connectivity index (χ4v) is 2.93. The Kier molecular flexibility index (Phi) is 3.09. The highest BCUT2D eigenvalue weighted by molar-refractivity contribution is 7.17. The molecule has 96 valence electrons. The largest absolute Gasteiger partial charge is 0.485 e. The zero-order chi connectivity index (χ0) is 13.2. The van der Waals surface area contributed by atoms with E-state index in [0.29, 0.717) is 18.2 Å². The van der Waals surface area contributed by atoms with Crippen molar-refractivity contribution in [1.82, 2.24) is 4.98 Å². The summed E-state index contributed by atoms with van der Waals surface area (Å²) < 4.78 is 7.04. The molecule has 2 aromatic heterocycles. The van der Waals surface area contributed by atoms with Crippen molar-refractivity contribution in [1.29, 1.82) is 0 Å². The van der Waals surface area contributed by atoms with Crippen LogP contribution < -0.4 is 10.5 Å². The van der Waals surface area contributed by atoms with Gasteiger partial charge in [0, 0.05) is 16.0 Å². The van der Waals surface area contributed by atoms with Crippen molar-refractivity contribution >= 4 is 27.2 Å². The molecule has 3 nitrogen and oxygen atoms in total. The van der Waals surface area contributed by atoms with E-state index >= 15 is 0 Å². The predicted molar refractivity (Wildman–Crippen MR) is 79.5 cm³/mol. The number of anilines is 1. The molecule has 0 unspecified atom stereocenters. The molecule has 3 rings (SSSR count). The van der Waals surface area contributed by atoms with Crippen molar-refractivity contribution in [3.63, 3.8) is 0 Å². The number of aryl methyl sites for hydroxylation is 1. The van der Waals surface area contributed by atoms with Gasteiger partial charge in [0.25, 0.3) is 0 Å². The number of fused-ring (bicyclic) bond motifs is 1. The maximum atomic E-state index is 5.84. The van der Waals surface area contributed by atoms with Gasteiger partial charge < -0.3 is 10.5 Å². The summed E-state index contributed by atoms with van der Waals surface area (Å²) in [5, 5.41) is 3.37. The lowest BCUT2D eigenvalue weighted by Gasteiger charge is -2.08. The third kappa shape index (κ3) is 2.39. The maximum Gasteiger partial charge on any atom is 0.166 e. The second kappa shape index (κ2) is 4.90. The summed E-state index contributed by atoms with van der Waals surface area (Å²) >= 11 is 1.73. The normalized spacial score (nSPS) is 10.8. The Morgan fingerprint density at radius 1 is 1.21 bits per heavy atom. The minimum Gasteiger partial charge on any atom is -0.485 e. The predicted octanol–water partition coefficient (Wildman–Crippen LogP) is 3.77. The number of hydrogen-bond acceptors (Lipinski definition) is 4. The molecule has 19 heavy (non-hydrogen) atoms. The fraction of sp³-hybridized carbons (Fsp3) is 0.133. The number of thiophene rings is 1. The van der Waals surface area contributed by atoms with Crippen LogP contribution in [0.2, 0.25) is 0 Å². The lowest BCUT2D eigenvalue weighted by molar-refractivity contribution is 0.309. The van der Waals surface area contributed by atoms with Crippen molar-refractivity contribution in [2.45, 2.75) is 13.5 Å². The van der Waals surface area contributed by atoms with Crippen LogP contribution >= 0.6 is 11.3 Å². The quantitative estimate of drug-likeness (QED) is 0.788. The first-order valence-corrected chi connectivity index (χ1v) is 6.93. The number of ether oxygens (including phenoxy) is 1. The first-order valence-electron chi connectivity index (χ1n) is 6.05. The van der Waals surface area contributed by atoms with E-state index in [2.05, 4.69) is 22.5 Å². The second-order valence-electron chi connectivity index (χ2n) is 4.38. The molecule has 2 N–H and O–H groups in total. The molecule has 0 fully saturated rings. The van der Waals surface area contributed by atoms with E-state index in [0.717, 1.165) is 5.69 Å². The Bertz CT molecular complexity index is 721. The van der Waals surface area contributed by atoms with E-state index < -0.39 is 0 Å². The molecule has 3 aromatic rings. The Hall–Kier alpha value is -2.07. The highest BCUT2D eigenvalue weighted by Crippen LogP contribution is 2.27. The summed E-state index contributed by atoms with van der Waals surface area (Å²) in [5.41, 5.74) is 7.92. The van der Waals surface area contributed by atoms with Crippen molar-refractivity contribution in [2.24, 2.45) is 0 Å². The lowest BCUT2D eigenvalue weighted by Crippen LogP contribution is -2.00. The number of aromatic nitrogens is 1. The van der Waals surface area contributed by atoms with Crippen LogP contribution in [0, 0.1) is 6.92 Å². The van der Waals surface area contributed by atoms with Gasteiger partial charge in [-0.2, -0.15) is 0 Å². The number of nitrogens with two attached hydrogens (primary N) is 1. The van der Waals surface area contributed by atoms with Crippen LogP contribution in [0.1, 0.15) is 11.3 Å². The van der Waals surface area contributed by atoms with Crippen LogP contribution in [0.3, 0.4) is 0 Å². The van der Waals surface area contributed by atoms with E-state index in [4.69, 9.17) is 10.5 Å². The highest BCUT2D eigenvalue weighted by Gasteiger charge is 2.06. The fourth-order valence-electron chi connectivity index (χ4n) is 1.99. The average molecular weight is 270 g/mol. The van der Waals surface area contributed by atoms with Gasteiger partial charge in [0.1, 0.15) is 6.61 Å². The van der Waals surface area contributed by atoms with Crippen LogP contribution in [-0.4, -0.2) is 4.98 Å². The van der Waals surface area contributed by atoms with Crippen molar-refractivity contribution in [3.8, 4) is 5.75 Å². The van der Waals surface area contributed by atoms with E-state index in [1.807, 2.05) is 31.2 Å². The lowest BCUT2D eigenvalue weighted by atomic mass is 10.2. The molecule has 0 saturated carbocycles. The van der Waals surface area contributed by atoms with Gasteiger partial charge in [-0.05, 0) is 35.9 Å². The third-order valence-electron chi connectivity index (χ3n) is 2.97. The molecule has 0 aliphatic carbocycles. The molecule has 0 amide bonds. The zero-order valence-corrected chi connectivity index (χ0v) is 11.4. The molecule has 0 bridgehead atoms. The summed E-state index contributed by atoms with van der Waals surface area (Å²) in [4.78, 5) is 4.19. The van der Waals surface area contributed by atoms with Crippen molar-refractivity contribution < 1.29 is 4.74 Å². The summed E-state index contributed by atoms with van der Waals surface area (Å²) in [5.74, 6) is 1.08. The molecule has 4 heteroatoms. The van der Waals surface area contributed by atoms with Crippen molar-refractivity contribution in [2.75, 3.05) is 5.73 Å². The molecule has 0 aliphatic rings. The highest BCUT2D eigenvalue weighted by atomic mass is 32.1. The van der Waals surface area contributed by atoms with Crippen LogP contribution in [0.25, 0.3) is 10.1 Å². The summed E-state index contributed by atoms with van der Waals surface area (Å²) in [7, 11) is 0. The van der Waals surface area contributed by atoms with Gasteiger partial charge in [-0.15, -0.1) is 11.3 Å². The molecular formula is C15H14N2OS. The number of benzene rings is 1. The number of pyridine rings is 1. The first-order chi connectivity index (χ1) is 9.24. The summed E-state index contributed by atoms with van der Waals surface area (Å²) in [6.45, 7) is 2.42. The van der Waals surface area contributed by atoms with Crippen LogP contribution in [-0.2, 0) is 6.61 Å². The second-order valence-corrected chi connectivity index (χ2v) is 5.29. The molecule has 1 aromatic carbocycles. The van der Waals surface area contributed by atoms with E-state index in [-0.39, 0.29) is 0 Å². The van der Waals surface area contributed by atoms with E-state index in [9.17, 15) is 0 Å². The molecule has 0 saturated heterocycles. The van der Waals surface area contributed by atoms with Gasteiger partial charge in [0.15, 0.2) is 11.6 Å². The van der Waals surface area contributed by atoms with Crippen LogP contribution in [0.15, 0.2) is 41.8 Å². The number of nitrogens with zero attached hydrogens (tertiary/aromatic N) is 1. The van der Waals surface area contributed by atoms with Gasteiger partial charge in [-0.3, -0.25) is 0 Å². The van der Waals surface area contributed by atoms with Gasteiger partial charge in [0.2, 0.25) is 0 Å². The molecule has 2 heterocycles. The maximum absolute atomic E-state index is 5.84. The first kappa shape index (κ1) is 12.0. The Labute approximate surface area is 115 Å². The third-order valence-corrected chi connectivity index (χ3v) is 3.98. The van der Waals surface area contributed by atoms with E-state index in [1.54, 1.807) is 11.3 Å². The smallest absolute Gasteiger partial charge is 0.166 e. The van der Waals surface area contributed by atoms with Gasteiger partial charge in [0.05, 0.1) is 0 Å². The number of rotatable bonds is 3. The van der Waals surface area contributed by atoms with E-state index in [1.165, 1.54) is 15.6 Å². The van der Waals surface area contributed by atoms with Crippen molar-refractivity contribution in [3.05, 3.63) is 53.0 Å². The molecule has 0 aliphatic heterocycles. The summed E-state index contributed by atoms with van der Waals surface area (Å²) in [6, 6.07) is 12.1. The minimum absolute atomic E-state index is 0.444. The summed E-state index contributed by atoms with van der Waals surface area (Å²) in [6.07, 6.45) is 0. The Morgan fingerprint density at radius 2 is 2.05 bits per heavy atom. The van der Waals surface area contributed by atoms with Gasteiger partial charge in [-0.25, -0.2) is 4.98 Å². The van der Waals surface area contributed by atoms with Gasteiger partial charge >= 0.3 is 0 Å². The standard InChI is InChI=1S/C15H14N2OS/c1-10-6-7-13(15(16)17-10)18-8-11-9-19-14-5-3-2-4-12(11)14/h2-7,9H,8H2,1H3,(H2,16,17). The number of hydrogen-bond donors (Lipinski definition) is 1. The minimum atomic E-state index is 0.444. The molecule has 0 radical (unpaired) electrons. The monoisotopic (exact) mass is 270 g/mol. The van der Waals surface area contributed by atoms with Crippen LogP contribution in [0.5, 0.6) is 5.75 Å². The zero-order valence-electron chi connectivity index (χ0n) is 10.6.